The standard InChI is InChI=1S/C19H38N2/c1-5-19(3,4)16-9-11-18(12-10-16)20-17-8-7-14-21(6-2)15-13-17/h16-18,20H,5-15H2,1-4H3. The number of hydrogen-bond donors (Lipinski definition) is 1. The van der Waals surface area contributed by atoms with E-state index < -0.39 is 0 Å². The first-order valence-electron chi connectivity index (χ1n) is 9.53. The molecule has 0 spiro atoms. The van der Waals surface area contributed by atoms with Gasteiger partial charge in [-0.15, -0.1) is 0 Å². The molecule has 1 aliphatic carbocycles. The molecule has 124 valence electrons. The summed E-state index contributed by atoms with van der Waals surface area (Å²) in [5.74, 6) is 0.949. The first-order chi connectivity index (χ1) is 10.0. The Hall–Kier alpha value is -0.0800. The number of nitrogens with one attached hydrogen (secondary N) is 1. The lowest BCUT2D eigenvalue weighted by Crippen LogP contribution is -2.42. The molecule has 1 unspecified atom stereocenters. The molecule has 0 aromatic rings. The third-order valence-corrected chi connectivity index (χ3v) is 6.48. The molecule has 0 bridgehead atoms. The smallest absolute Gasteiger partial charge is 0.00823 e. The minimum Gasteiger partial charge on any atom is -0.311 e. The summed E-state index contributed by atoms with van der Waals surface area (Å²) < 4.78 is 0. The van der Waals surface area contributed by atoms with Crippen molar-refractivity contribution in [3.8, 4) is 0 Å². The van der Waals surface area contributed by atoms with Crippen molar-refractivity contribution in [2.75, 3.05) is 19.6 Å². The fourth-order valence-electron chi connectivity index (χ4n) is 4.30. The van der Waals surface area contributed by atoms with E-state index in [1.807, 2.05) is 0 Å². The van der Waals surface area contributed by atoms with Crippen molar-refractivity contribution in [2.24, 2.45) is 11.3 Å². The molecule has 1 saturated heterocycles. The van der Waals surface area contributed by atoms with E-state index in [9.17, 15) is 0 Å². The van der Waals surface area contributed by atoms with E-state index in [-0.39, 0.29) is 0 Å². The van der Waals surface area contributed by atoms with Gasteiger partial charge < -0.3 is 10.2 Å². The first-order valence-corrected chi connectivity index (χ1v) is 9.53. The summed E-state index contributed by atoms with van der Waals surface area (Å²) in [4.78, 5) is 2.61. The Morgan fingerprint density at radius 3 is 2.19 bits per heavy atom. The molecule has 1 N–H and O–H groups in total. The molecule has 2 fully saturated rings. The van der Waals surface area contributed by atoms with Crippen LogP contribution in [0.5, 0.6) is 0 Å². The van der Waals surface area contributed by atoms with Crippen molar-refractivity contribution in [1.29, 1.82) is 0 Å². The van der Waals surface area contributed by atoms with Crippen LogP contribution in [0, 0.1) is 11.3 Å². The molecule has 2 heteroatoms. The second kappa shape index (κ2) is 7.97. The van der Waals surface area contributed by atoms with Gasteiger partial charge in [0.2, 0.25) is 0 Å². The van der Waals surface area contributed by atoms with Crippen molar-refractivity contribution >= 4 is 0 Å². The maximum atomic E-state index is 4.01. The second-order valence-electron chi connectivity index (χ2n) is 8.12. The quantitative estimate of drug-likeness (QED) is 0.806. The van der Waals surface area contributed by atoms with Gasteiger partial charge in [0.1, 0.15) is 0 Å². The molecule has 2 aliphatic rings. The van der Waals surface area contributed by atoms with Gasteiger partial charge in [-0.2, -0.15) is 0 Å². The fraction of sp³-hybridized carbons (Fsp3) is 1.00. The van der Waals surface area contributed by atoms with Crippen molar-refractivity contribution in [2.45, 2.75) is 91.1 Å². The molecule has 1 heterocycles. The fourth-order valence-corrected chi connectivity index (χ4v) is 4.30. The van der Waals surface area contributed by atoms with Gasteiger partial charge in [-0.1, -0.05) is 34.1 Å². The van der Waals surface area contributed by atoms with Crippen LogP contribution in [0.2, 0.25) is 0 Å². The van der Waals surface area contributed by atoms with Gasteiger partial charge in [0.25, 0.3) is 0 Å². The van der Waals surface area contributed by atoms with E-state index in [2.05, 4.69) is 37.9 Å². The Morgan fingerprint density at radius 2 is 1.57 bits per heavy atom. The van der Waals surface area contributed by atoms with E-state index in [1.54, 1.807) is 0 Å². The topological polar surface area (TPSA) is 15.3 Å². The van der Waals surface area contributed by atoms with E-state index in [4.69, 9.17) is 0 Å². The molecule has 1 aliphatic heterocycles. The molecule has 2 rings (SSSR count). The van der Waals surface area contributed by atoms with Crippen LogP contribution >= 0.6 is 0 Å². The van der Waals surface area contributed by atoms with Crippen molar-refractivity contribution in [3.05, 3.63) is 0 Å². The van der Waals surface area contributed by atoms with E-state index in [1.165, 1.54) is 71.0 Å². The minimum atomic E-state index is 0.551. The maximum absolute atomic E-state index is 4.01. The van der Waals surface area contributed by atoms with E-state index >= 15 is 0 Å². The SMILES string of the molecule is CCN1CCCC(NC2CCC(C(C)(C)CC)CC2)CC1. The normalized spacial score (nSPS) is 32.9. The van der Waals surface area contributed by atoms with Crippen LogP contribution in [0.25, 0.3) is 0 Å². The number of likely N-dealkylation sites (tertiary alicyclic amines) is 1. The van der Waals surface area contributed by atoms with Gasteiger partial charge in [0, 0.05) is 12.1 Å². The molecular formula is C19H38N2. The van der Waals surface area contributed by atoms with Gasteiger partial charge in [0.05, 0.1) is 0 Å². The molecule has 21 heavy (non-hydrogen) atoms. The van der Waals surface area contributed by atoms with Crippen LogP contribution < -0.4 is 5.32 Å². The first kappa shape index (κ1) is 17.3. The highest BCUT2D eigenvalue weighted by atomic mass is 15.1. The van der Waals surface area contributed by atoms with Crippen LogP contribution in [-0.4, -0.2) is 36.6 Å². The van der Waals surface area contributed by atoms with Crippen molar-refractivity contribution in [1.82, 2.24) is 10.2 Å². The average molecular weight is 295 g/mol. The summed E-state index contributed by atoms with van der Waals surface area (Å²) in [6, 6.07) is 1.58. The minimum absolute atomic E-state index is 0.551. The lowest BCUT2D eigenvalue weighted by Gasteiger charge is -2.40. The summed E-state index contributed by atoms with van der Waals surface area (Å²) in [5, 5.41) is 4.01. The van der Waals surface area contributed by atoms with Crippen molar-refractivity contribution in [3.63, 3.8) is 0 Å². The maximum Gasteiger partial charge on any atom is 0.00823 e. The Bertz CT molecular complexity index is 292. The third-order valence-electron chi connectivity index (χ3n) is 6.48. The molecule has 1 saturated carbocycles. The molecule has 1 atom stereocenters. The van der Waals surface area contributed by atoms with Gasteiger partial charge in [-0.05, 0) is 75.9 Å². The van der Waals surface area contributed by atoms with Crippen LogP contribution in [0.1, 0.15) is 79.1 Å². The van der Waals surface area contributed by atoms with Gasteiger partial charge in [-0.25, -0.2) is 0 Å². The predicted octanol–water partition coefficient (Wildman–Crippen LogP) is 4.45. The number of hydrogen-bond acceptors (Lipinski definition) is 2. The monoisotopic (exact) mass is 294 g/mol. The largest absolute Gasteiger partial charge is 0.311 e. The molecule has 0 aromatic carbocycles. The second-order valence-corrected chi connectivity index (χ2v) is 8.12. The highest BCUT2D eigenvalue weighted by Crippen LogP contribution is 2.40. The Morgan fingerprint density at radius 1 is 0.905 bits per heavy atom. The van der Waals surface area contributed by atoms with Gasteiger partial charge in [-0.3, -0.25) is 0 Å². The molecule has 0 amide bonds. The Balaban J connectivity index is 1.73. The van der Waals surface area contributed by atoms with Crippen LogP contribution in [0.15, 0.2) is 0 Å². The summed E-state index contributed by atoms with van der Waals surface area (Å²) in [6.07, 6.45) is 11.1. The molecular weight excluding hydrogens is 256 g/mol. The number of rotatable bonds is 5. The third kappa shape index (κ3) is 4.96. The highest BCUT2D eigenvalue weighted by molar-refractivity contribution is 4.87. The average Bonchev–Trinajstić information content (AvgIpc) is 2.73. The van der Waals surface area contributed by atoms with Crippen LogP contribution in [0.4, 0.5) is 0 Å². The number of nitrogens with zero attached hydrogens (tertiary/aromatic N) is 1. The lowest BCUT2D eigenvalue weighted by atomic mass is 9.69. The zero-order valence-corrected chi connectivity index (χ0v) is 15.0. The lowest BCUT2D eigenvalue weighted by molar-refractivity contribution is 0.133. The predicted molar refractivity (Wildman–Crippen MR) is 92.7 cm³/mol. The highest BCUT2D eigenvalue weighted by Gasteiger charge is 2.32. The zero-order chi connectivity index (χ0) is 15.3. The summed E-state index contributed by atoms with van der Waals surface area (Å²) in [7, 11) is 0. The Kier molecular flexibility index (Phi) is 6.55. The molecule has 0 aromatic heterocycles. The molecule has 2 nitrogen and oxygen atoms in total. The van der Waals surface area contributed by atoms with Gasteiger partial charge >= 0.3 is 0 Å². The van der Waals surface area contributed by atoms with Crippen LogP contribution in [-0.2, 0) is 0 Å². The van der Waals surface area contributed by atoms with Crippen molar-refractivity contribution < 1.29 is 0 Å². The summed E-state index contributed by atoms with van der Waals surface area (Å²) in [6.45, 7) is 13.4. The van der Waals surface area contributed by atoms with Gasteiger partial charge in [0.15, 0.2) is 0 Å². The molecule has 0 radical (unpaired) electrons. The Labute approximate surface area is 133 Å². The van der Waals surface area contributed by atoms with E-state index in [0.717, 1.165) is 18.0 Å². The van der Waals surface area contributed by atoms with E-state index in [0.29, 0.717) is 5.41 Å². The van der Waals surface area contributed by atoms with Crippen LogP contribution in [0.3, 0.4) is 0 Å². The summed E-state index contributed by atoms with van der Waals surface area (Å²) >= 11 is 0. The zero-order valence-electron chi connectivity index (χ0n) is 15.0. The summed E-state index contributed by atoms with van der Waals surface area (Å²) in [5.41, 5.74) is 0.551.